The van der Waals surface area contributed by atoms with Gasteiger partial charge in [0.1, 0.15) is 22.9 Å². The standard InChI is InChI=1S/C14H15N5O4/c1-8-6-10(17-23-8)7-19-12(9(2)15-13(20)21)16-11-4-3-5-18(11)14(19)22/h3-6,9,15H,7H2,1-2H3,(H,20,21). The fourth-order valence-electron chi connectivity index (χ4n) is 2.41. The fourth-order valence-corrected chi connectivity index (χ4v) is 2.41. The third-order valence-electron chi connectivity index (χ3n) is 3.39. The summed E-state index contributed by atoms with van der Waals surface area (Å²) < 4.78 is 7.78. The Labute approximate surface area is 130 Å². The van der Waals surface area contributed by atoms with Crippen molar-refractivity contribution in [1.29, 1.82) is 0 Å². The minimum Gasteiger partial charge on any atom is -0.465 e. The lowest BCUT2D eigenvalue weighted by molar-refractivity contribution is 0.190. The molecule has 3 rings (SSSR count). The van der Waals surface area contributed by atoms with Crippen LogP contribution in [0.25, 0.3) is 5.65 Å². The molecule has 3 heterocycles. The zero-order chi connectivity index (χ0) is 16.6. The Kier molecular flexibility index (Phi) is 3.61. The molecule has 0 radical (unpaired) electrons. The van der Waals surface area contributed by atoms with Crippen molar-refractivity contribution in [2.45, 2.75) is 26.4 Å². The summed E-state index contributed by atoms with van der Waals surface area (Å²) in [4.78, 5) is 28.0. The quantitative estimate of drug-likeness (QED) is 0.746. The number of fused-ring (bicyclic) bond motifs is 1. The molecule has 0 saturated heterocycles. The van der Waals surface area contributed by atoms with Gasteiger partial charge in [0.25, 0.3) is 0 Å². The molecular weight excluding hydrogens is 302 g/mol. The summed E-state index contributed by atoms with van der Waals surface area (Å²) in [6, 6.07) is 4.44. The molecular formula is C14H15N5O4. The van der Waals surface area contributed by atoms with E-state index in [-0.39, 0.29) is 12.2 Å². The number of carbonyl (C=O) groups is 1. The highest BCUT2D eigenvalue weighted by Gasteiger charge is 2.19. The van der Waals surface area contributed by atoms with E-state index in [1.54, 1.807) is 38.2 Å². The monoisotopic (exact) mass is 317 g/mol. The Morgan fingerprint density at radius 2 is 2.30 bits per heavy atom. The van der Waals surface area contributed by atoms with Gasteiger partial charge in [-0.25, -0.2) is 14.6 Å². The molecule has 23 heavy (non-hydrogen) atoms. The summed E-state index contributed by atoms with van der Waals surface area (Å²) in [5.41, 5.74) is 0.688. The molecule has 9 nitrogen and oxygen atoms in total. The van der Waals surface area contributed by atoms with Gasteiger partial charge in [-0.2, -0.15) is 0 Å². The SMILES string of the molecule is Cc1cc(Cn2c(C(C)NC(=O)O)nc3cccn3c2=O)no1. The first kappa shape index (κ1) is 14.8. The minimum absolute atomic E-state index is 0.137. The number of rotatable bonds is 4. The van der Waals surface area contributed by atoms with E-state index in [4.69, 9.17) is 9.63 Å². The van der Waals surface area contributed by atoms with Gasteiger partial charge in [-0.15, -0.1) is 0 Å². The number of nitrogens with zero attached hydrogens (tertiary/aromatic N) is 4. The largest absolute Gasteiger partial charge is 0.465 e. The second-order valence-corrected chi connectivity index (χ2v) is 5.18. The molecule has 0 saturated carbocycles. The molecule has 0 bridgehead atoms. The van der Waals surface area contributed by atoms with Crippen LogP contribution in [0.3, 0.4) is 0 Å². The molecule has 1 atom stereocenters. The second-order valence-electron chi connectivity index (χ2n) is 5.18. The third kappa shape index (κ3) is 2.80. The summed E-state index contributed by atoms with van der Waals surface area (Å²) >= 11 is 0. The lowest BCUT2D eigenvalue weighted by atomic mass is 10.3. The van der Waals surface area contributed by atoms with Crippen molar-refractivity contribution < 1.29 is 14.4 Å². The second kappa shape index (κ2) is 5.59. The zero-order valence-electron chi connectivity index (χ0n) is 12.6. The molecule has 0 aliphatic rings. The predicted octanol–water partition coefficient (Wildman–Crippen LogP) is 1.17. The number of hydrogen-bond acceptors (Lipinski definition) is 5. The van der Waals surface area contributed by atoms with Crippen molar-refractivity contribution in [2.75, 3.05) is 0 Å². The fraction of sp³-hybridized carbons (Fsp3) is 0.286. The van der Waals surface area contributed by atoms with Crippen molar-refractivity contribution >= 4 is 11.7 Å². The van der Waals surface area contributed by atoms with Gasteiger partial charge in [-0.3, -0.25) is 8.97 Å². The van der Waals surface area contributed by atoms with Gasteiger partial charge in [0.15, 0.2) is 0 Å². The maximum Gasteiger partial charge on any atom is 0.405 e. The molecule has 0 aromatic carbocycles. The molecule has 3 aromatic heterocycles. The smallest absolute Gasteiger partial charge is 0.405 e. The summed E-state index contributed by atoms with van der Waals surface area (Å²) in [6.07, 6.45) is 0.416. The first-order valence-corrected chi connectivity index (χ1v) is 6.95. The van der Waals surface area contributed by atoms with Gasteiger partial charge >= 0.3 is 11.8 Å². The van der Waals surface area contributed by atoms with E-state index in [1.807, 2.05) is 0 Å². The molecule has 0 fully saturated rings. The molecule has 9 heteroatoms. The van der Waals surface area contributed by atoms with Crippen LogP contribution in [-0.4, -0.2) is 30.3 Å². The highest BCUT2D eigenvalue weighted by atomic mass is 16.5. The van der Waals surface area contributed by atoms with Crippen molar-refractivity contribution in [3.05, 3.63) is 52.2 Å². The van der Waals surface area contributed by atoms with Crippen LogP contribution in [0.2, 0.25) is 0 Å². The Morgan fingerprint density at radius 1 is 1.52 bits per heavy atom. The summed E-state index contributed by atoms with van der Waals surface area (Å²) in [6.45, 7) is 3.51. The van der Waals surface area contributed by atoms with Crippen LogP contribution in [0.4, 0.5) is 4.79 Å². The van der Waals surface area contributed by atoms with E-state index >= 15 is 0 Å². The van der Waals surface area contributed by atoms with Crippen molar-refractivity contribution in [3.8, 4) is 0 Å². The lowest BCUT2D eigenvalue weighted by Gasteiger charge is -2.17. The van der Waals surface area contributed by atoms with Crippen molar-refractivity contribution in [1.82, 2.24) is 24.4 Å². The van der Waals surface area contributed by atoms with Crippen LogP contribution in [0, 0.1) is 6.92 Å². The molecule has 0 aliphatic heterocycles. The van der Waals surface area contributed by atoms with Gasteiger partial charge in [0, 0.05) is 12.3 Å². The Morgan fingerprint density at radius 3 is 2.96 bits per heavy atom. The molecule has 1 amide bonds. The molecule has 3 aromatic rings. The van der Waals surface area contributed by atoms with Crippen LogP contribution in [0.15, 0.2) is 33.7 Å². The maximum absolute atomic E-state index is 12.7. The average Bonchev–Trinajstić information content (AvgIpc) is 3.09. The Balaban J connectivity index is 2.13. The van der Waals surface area contributed by atoms with Gasteiger partial charge in [0.2, 0.25) is 0 Å². The highest BCUT2D eigenvalue weighted by molar-refractivity contribution is 5.65. The number of aryl methyl sites for hydroxylation is 1. The van der Waals surface area contributed by atoms with E-state index in [1.165, 1.54) is 8.97 Å². The predicted molar refractivity (Wildman–Crippen MR) is 79.4 cm³/mol. The van der Waals surface area contributed by atoms with Crippen LogP contribution < -0.4 is 11.0 Å². The van der Waals surface area contributed by atoms with E-state index in [9.17, 15) is 9.59 Å². The molecule has 1 unspecified atom stereocenters. The van der Waals surface area contributed by atoms with Crippen LogP contribution in [0.1, 0.15) is 30.2 Å². The normalized spacial score (nSPS) is 12.4. The first-order chi connectivity index (χ1) is 11.0. The van der Waals surface area contributed by atoms with E-state index < -0.39 is 12.1 Å². The molecule has 2 N–H and O–H groups in total. The van der Waals surface area contributed by atoms with E-state index in [0.717, 1.165) is 0 Å². The molecule has 0 aliphatic carbocycles. The lowest BCUT2D eigenvalue weighted by Crippen LogP contribution is -2.36. The number of nitrogens with one attached hydrogen (secondary N) is 1. The number of carboxylic acid groups (broad SMARTS) is 1. The summed E-state index contributed by atoms with van der Waals surface area (Å²) in [7, 11) is 0. The highest BCUT2D eigenvalue weighted by Crippen LogP contribution is 2.12. The summed E-state index contributed by atoms with van der Waals surface area (Å²) in [5, 5.41) is 15.1. The van der Waals surface area contributed by atoms with Crippen molar-refractivity contribution in [3.63, 3.8) is 0 Å². The molecule has 0 spiro atoms. The minimum atomic E-state index is -1.19. The van der Waals surface area contributed by atoms with Gasteiger partial charge in [0.05, 0.1) is 12.6 Å². The number of amides is 1. The van der Waals surface area contributed by atoms with Gasteiger partial charge < -0.3 is 14.9 Å². The van der Waals surface area contributed by atoms with E-state index in [0.29, 0.717) is 22.9 Å². The van der Waals surface area contributed by atoms with Crippen LogP contribution in [-0.2, 0) is 6.54 Å². The molecule has 120 valence electrons. The van der Waals surface area contributed by atoms with Crippen LogP contribution >= 0.6 is 0 Å². The Bertz CT molecular complexity index is 923. The van der Waals surface area contributed by atoms with Crippen molar-refractivity contribution in [2.24, 2.45) is 0 Å². The third-order valence-corrected chi connectivity index (χ3v) is 3.39. The van der Waals surface area contributed by atoms with Gasteiger partial charge in [-0.05, 0) is 26.0 Å². The Hall–Kier alpha value is -3.10. The zero-order valence-corrected chi connectivity index (χ0v) is 12.6. The van der Waals surface area contributed by atoms with Crippen LogP contribution in [0.5, 0.6) is 0 Å². The first-order valence-electron chi connectivity index (χ1n) is 6.95. The number of aromatic nitrogens is 4. The van der Waals surface area contributed by atoms with E-state index in [2.05, 4.69) is 15.5 Å². The van der Waals surface area contributed by atoms with Gasteiger partial charge in [-0.1, -0.05) is 5.16 Å². The average molecular weight is 317 g/mol. The maximum atomic E-state index is 12.7. The summed E-state index contributed by atoms with van der Waals surface area (Å²) in [5.74, 6) is 0.936. The number of hydrogen-bond donors (Lipinski definition) is 2. The topological polar surface area (TPSA) is 115 Å².